The minimum absolute atomic E-state index is 0.267. The van der Waals surface area contributed by atoms with Gasteiger partial charge in [0.1, 0.15) is 5.65 Å². The van der Waals surface area contributed by atoms with Crippen LogP contribution in [0, 0.1) is 5.41 Å². The van der Waals surface area contributed by atoms with Crippen molar-refractivity contribution in [2.24, 2.45) is 5.41 Å². The Hall–Kier alpha value is -2.87. The first kappa shape index (κ1) is 15.4. The van der Waals surface area contributed by atoms with E-state index in [-0.39, 0.29) is 5.41 Å². The van der Waals surface area contributed by atoms with Gasteiger partial charge < -0.3 is 0 Å². The minimum Gasteiger partial charge on any atom is -0.292 e. The number of nitrogens with zero attached hydrogens (tertiary/aromatic N) is 2. The van der Waals surface area contributed by atoms with Crippen molar-refractivity contribution in [2.45, 2.75) is 27.2 Å². The fourth-order valence-electron chi connectivity index (χ4n) is 4.08. The summed E-state index contributed by atoms with van der Waals surface area (Å²) in [6.07, 6.45) is 1.06. The predicted molar refractivity (Wildman–Crippen MR) is 111 cm³/mol. The van der Waals surface area contributed by atoms with Crippen LogP contribution in [0.15, 0.2) is 66.7 Å². The number of rotatable bonds is 1. The van der Waals surface area contributed by atoms with E-state index in [2.05, 4.69) is 91.9 Å². The molecule has 2 heterocycles. The Balaban J connectivity index is 1.96. The molecule has 128 valence electrons. The Kier molecular flexibility index (Phi) is 3.14. The van der Waals surface area contributed by atoms with E-state index in [1.165, 1.54) is 32.8 Å². The molecule has 5 rings (SSSR count). The van der Waals surface area contributed by atoms with Gasteiger partial charge in [-0.15, -0.1) is 0 Å². The zero-order valence-electron chi connectivity index (χ0n) is 15.5. The first-order chi connectivity index (χ1) is 12.5. The number of fused-ring (bicyclic) bond motifs is 8. The smallest absolute Gasteiger partial charge is 0.146 e. The zero-order chi connectivity index (χ0) is 17.9. The van der Waals surface area contributed by atoms with E-state index in [9.17, 15) is 0 Å². The molecule has 2 nitrogen and oxygen atoms in total. The second-order valence-electron chi connectivity index (χ2n) is 8.39. The summed E-state index contributed by atoms with van der Waals surface area (Å²) < 4.78 is 2.33. The molecule has 2 heteroatoms. The van der Waals surface area contributed by atoms with Crippen molar-refractivity contribution < 1.29 is 0 Å². The number of aromatic nitrogens is 2. The normalized spacial score (nSPS) is 12.6. The molecule has 3 aromatic carbocycles. The Bertz CT molecular complexity index is 1290. The fourth-order valence-corrected chi connectivity index (χ4v) is 4.08. The van der Waals surface area contributed by atoms with Crippen molar-refractivity contribution in [3.8, 4) is 0 Å². The molecule has 0 aliphatic heterocycles. The minimum atomic E-state index is 0.267. The number of imidazole rings is 1. The molecule has 26 heavy (non-hydrogen) atoms. The maximum absolute atomic E-state index is 4.99. The summed E-state index contributed by atoms with van der Waals surface area (Å²) in [6.45, 7) is 6.86. The van der Waals surface area contributed by atoms with E-state index in [0.29, 0.717) is 0 Å². The average Bonchev–Trinajstić information content (AvgIpc) is 3.00. The van der Waals surface area contributed by atoms with Gasteiger partial charge in [0.05, 0.1) is 16.6 Å². The first-order valence-corrected chi connectivity index (χ1v) is 9.22. The van der Waals surface area contributed by atoms with Gasteiger partial charge >= 0.3 is 0 Å². The van der Waals surface area contributed by atoms with Crippen LogP contribution in [0.5, 0.6) is 0 Å². The lowest BCUT2D eigenvalue weighted by atomic mass is 9.88. The highest BCUT2D eigenvalue weighted by molar-refractivity contribution is 6.13. The maximum Gasteiger partial charge on any atom is 0.146 e. The Morgan fingerprint density at radius 1 is 0.769 bits per heavy atom. The van der Waals surface area contributed by atoms with Crippen LogP contribution in [0.4, 0.5) is 0 Å². The quantitative estimate of drug-likeness (QED) is 0.324. The predicted octanol–water partition coefficient (Wildman–Crippen LogP) is 6.38. The van der Waals surface area contributed by atoms with Crippen LogP contribution < -0.4 is 0 Å². The van der Waals surface area contributed by atoms with E-state index in [1.54, 1.807) is 0 Å². The first-order valence-electron chi connectivity index (χ1n) is 9.22. The van der Waals surface area contributed by atoms with Gasteiger partial charge in [-0.05, 0) is 41.0 Å². The summed E-state index contributed by atoms with van der Waals surface area (Å²) in [7, 11) is 0. The molecule has 0 saturated heterocycles. The third kappa shape index (κ3) is 2.29. The van der Waals surface area contributed by atoms with Crippen molar-refractivity contribution in [3.05, 3.63) is 72.3 Å². The summed E-state index contributed by atoms with van der Waals surface area (Å²) in [5.41, 5.74) is 6.15. The van der Waals surface area contributed by atoms with Crippen LogP contribution in [-0.4, -0.2) is 9.38 Å². The van der Waals surface area contributed by atoms with E-state index in [0.717, 1.165) is 17.6 Å². The highest BCUT2D eigenvalue weighted by Gasteiger charge is 2.15. The maximum atomic E-state index is 4.99. The molecule has 0 aliphatic rings. The van der Waals surface area contributed by atoms with Crippen LogP contribution in [0.3, 0.4) is 0 Å². The third-order valence-electron chi connectivity index (χ3n) is 5.06. The lowest BCUT2D eigenvalue weighted by Gasteiger charge is -2.18. The van der Waals surface area contributed by atoms with E-state index < -0.39 is 0 Å². The Morgan fingerprint density at radius 2 is 1.46 bits per heavy atom. The number of para-hydroxylation sites is 1. The lowest BCUT2D eigenvalue weighted by Crippen LogP contribution is -2.08. The molecular formula is C24H22N2. The van der Waals surface area contributed by atoms with Crippen molar-refractivity contribution in [2.75, 3.05) is 0 Å². The number of pyridine rings is 1. The number of hydrogen-bond acceptors (Lipinski definition) is 1. The molecule has 0 fully saturated rings. The summed E-state index contributed by atoms with van der Waals surface area (Å²) >= 11 is 0. The molecule has 5 aromatic rings. The molecule has 0 N–H and O–H groups in total. The van der Waals surface area contributed by atoms with Gasteiger partial charge in [0.25, 0.3) is 0 Å². The van der Waals surface area contributed by atoms with Crippen molar-refractivity contribution in [3.63, 3.8) is 0 Å². The monoisotopic (exact) mass is 338 g/mol. The van der Waals surface area contributed by atoms with Gasteiger partial charge in [0, 0.05) is 10.8 Å². The molecule has 0 saturated carbocycles. The van der Waals surface area contributed by atoms with Gasteiger partial charge in [-0.2, -0.15) is 0 Å². The van der Waals surface area contributed by atoms with Gasteiger partial charge in [-0.25, -0.2) is 4.98 Å². The highest BCUT2D eigenvalue weighted by Crippen LogP contribution is 2.33. The standard InChI is InChI=1S/C24H22N2/c1-24(2,3)15-16-12-13-20-22(14-16)26-21-11-7-6-9-18(21)17-8-4-5-10-19(17)23(26)25-20/h4-14H,15H2,1-3H3. The van der Waals surface area contributed by atoms with Crippen LogP contribution in [0.25, 0.3) is 38.4 Å². The van der Waals surface area contributed by atoms with Crippen molar-refractivity contribution in [1.82, 2.24) is 9.38 Å². The van der Waals surface area contributed by atoms with Crippen LogP contribution in [0.2, 0.25) is 0 Å². The summed E-state index contributed by atoms with van der Waals surface area (Å²) in [4.78, 5) is 4.99. The van der Waals surface area contributed by atoms with Crippen LogP contribution in [0.1, 0.15) is 26.3 Å². The van der Waals surface area contributed by atoms with Gasteiger partial charge in [0.15, 0.2) is 0 Å². The molecule has 0 aliphatic carbocycles. The second-order valence-corrected chi connectivity index (χ2v) is 8.39. The average molecular weight is 338 g/mol. The fraction of sp³-hybridized carbons (Fsp3) is 0.208. The lowest BCUT2D eigenvalue weighted by molar-refractivity contribution is 0.411. The SMILES string of the molecule is CC(C)(C)Cc1ccc2nc3c4ccccc4c4ccccc4n3c2c1. The molecule has 0 amide bonds. The molecule has 0 unspecified atom stereocenters. The van der Waals surface area contributed by atoms with Crippen molar-refractivity contribution in [1.29, 1.82) is 0 Å². The van der Waals surface area contributed by atoms with E-state index in [4.69, 9.17) is 4.98 Å². The number of hydrogen-bond donors (Lipinski definition) is 0. The van der Waals surface area contributed by atoms with Crippen LogP contribution >= 0.6 is 0 Å². The molecular weight excluding hydrogens is 316 g/mol. The van der Waals surface area contributed by atoms with E-state index >= 15 is 0 Å². The molecule has 0 spiro atoms. The largest absolute Gasteiger partial charge is 0.292 e. The van der Waals surface area contributed by atoms with E-state index in [1.807, 2.05) is 0 Å². The topological polar surface area (TPSA) is 17.3 Å². The van der Waals surface area contributed by atoms with Crippen LogP contribution in [-0.2, 0) is 6.42 Å². The van der Waals surface area contributed by atoms with Crippen molar-refractivity contribution >= 4 is 38.4 Å². The molecule has 0 atom stereocenters. The molecule has 2 aromatic heterocycles. The van der Waals surface area contributed by atoms with Gasteiger partial charge in [-0.1, -0.05) is 69.3 Å². The van der Waals surface area contributed by atoms with Gasteiger partial charge in [-0.3, -0.25) is 4.40 Å². The summed E-state index contributed by atoms with van der Waals surface area (Å²) in [5, 5.41) is 3.75. The summed E-state index contributed by atoms with van der Waals surface area (Å²) in [6, 6.07) is 23.9. The Morgan fingerprint density at radius 3 is 2.23 bits per heavy atom. The summed E-state index contributed by atoms with van der Waals surface area (Å²) in [5.74, 6) is 0. The molecule has 0 bridgehead atoms. The Labute approximate surface area is 153 Å². The third-order valence-corrected chi connectivity index (χ3v) is 5.06. The second kappa shape index (κ2) is 5.31. The highest BCUT2D eigenvalue weighted by atomic mass is 15.0. The number of benzene rings is 3. The molecule has 0 radical (unpaired) electrons. The van der Waals surface area contributed by atoms with Gasteiger partial charge in [0.2, 0.25) is 0 Å². The zero-order valence-corrected chi connectivity index (χ0v) is 15.5.